The molecule has 0 saturated heterocycles. The van der Waals surface area contributed by atoms with Gasteiger partial charge in [-0.3, -0.25) is 0 Å². The predicted molar refractivity (Wildman–Crippen MR) is 263 cm³/mol. The van der Waals surface area contributed by atoms with Gasteiger partial charge in [-0.2, -0.15) is 0 Å². The SMILES string of the molecule is c1ccc(N(c2ccccc2-c2cccc3oc4ccccc4c23)c2cccc3c2-c2ccccc2C32c3ccccc3-c3ccccc32)c(-c2cccc3c2oc2ccccc23)c1. The highest BCUT2D eigenvalue weighted by Crippen LogP contribution is 2.65. The summed E-state index contributed by atoms with van der Waals surface area (Å²) in [6, 6.07) is 81.5. The van der Waals surface area contributed by atoms with E-state index >= 15 is 0 Å². The van der Waals surface area contributed by atoms with Crippen LogP contribution in [0.4, 0.5) is 17.1 Å². The standard InChI is InChI=1S/C61H37NO2/c1-8-28-48-38(18-1)39-19-2-9-29-49(39)61(48)50-30-10-3-23-46(50)59-51(61)31-17-34-54(59)62(52-32-11-4-20-40(52)43-25-16-37-57-58(43)47-24-7-14-36-56(47)63-57)53-33-12-5-21-41(53)44-26-15-27-45-42-22-6-13-35-55(42)64-60(44)45/h1-37H. The Balaban J connectivity index is 1.11. The molecule has 3 nitrogen and oxygen atoms in total. The molecule has 0 fully saturated rings. The lowest BCUT2D eigenvalue weighted by molar-refractivity contribution is 0.669. The van der Waals surface area contributed by atoms with Gasteiger partial charge in [0.1, 0.15) is 22.3 Å². The number of benzene rings is 10. The van der Waals surface area contributed by atoms with Crippen LogP contribution in [0.3, 0.4) is 0 Å². The molecule has 2 aliphatic rings. The second kappa shape index (κ2) is 13.3. The topological polar surface area (TPSA) is 29.5 Å². The van der Waals surface area contributed by atoms with Crippen LogP contribution in [0.25, 0.3) is 88.4 Å². The van der Waals surface area contributed by atoms with Crippen molar-refractivity contribution in [2.24, 2.45) is 0 Å². The van der Waals surface area contributed by atoms with Gasteiger partial charge in [0.25, 0.3) is 0 Å². The minimum Gasteiger partial charge on any atom is -0.456 e. The second-order valence-corrected chi connectivity index (χ2v) is 17.0. The number of furan rings is 2. The second-order valence-electron chi connectivity index (χ2n) is 17.0. The van der Waals surface area contributed by atoms with Crippen LogP contribution in [-0.4, -0.2) is 0 Å². The maximum absolute atomic E-state index is 6.78. The molecule has 0 atom stereocenters. The number of nitrogens with zero attached hydrogens (tertiary/aromatic N) is 1. The fourth-order valence-corrected chi connectivity index (χ4v) is 11.5. The van der Waals surface area contributed by atoms with Gasteiger partial charge in [0, 0.05) is 43.8 Å². The van der Waals surface area contributed by atoms with Crippen LogP contribution >= 0.6 is 0 Å². The highest BCUT2D eigenvalue weighted by Gasteiger charge is 2.52. The average Bonchev–Trinajstić information content (AvgIpc) is 4.10. The van der Waals surface area contributed by atoms with Crippen molar-refractivity contribution in [3.63, 3.8) is 0 Å². The van der Waals surface area contributed by atoms with E-state index in [1.165, 1.54) is 44.5 Å². The Kier molecular flexibility index (Phi) is 7.32. The van der Waals surface area contributed by atoms with E-state index in [1.807, 2.05) is 12.1 Å². The minimum absolute atomic E-state index is 0.499. The van der Waals surface area contributed by atoms with E-state index in [2.05, 4.69) is 217 Å². The Labute approximate surface area is 369 Å². The van der Waals surface area contributed by atoms with Crippen molar-refractivity contribution in [3.8, 4) is 44.5 Å². The number of hydrogen-bond donors (Lipinski definition) is 0. The Morgan fingerprint density at radius 2 is 0.719 bits per heavy atom. The molecule has 0 amide bonds. The van der Waals surface area contributed by atoms with Crippen LogP contribution in [-0.2, 0) is 5.41 Å². The van der Waals surface area contributed by atoms with Crippen LogP contribution in [0.15, 0.2) is 233 Å². The first-order chi connectivity index (χ1) is 31.8. The number of para-hydroxylation sites is 5. The predicted octanol–water partition coefficient (Wildman–Crippen LogP) is 16.6. The third-order valence-corrected chi connectivity index (χ3v) is 13.9. The molecule has 0 aliphatic heterocycles. The van der Waals surface area contributed by atoms with Crippen molar-refractivity contribution in [1.82, 2.24) is 0 Å². The Hall–Kier alpha value is -8.40. The third kappa shape index (κ3) is 4.65. The van der Waals surface area contributed by atoms with Gasteiger partial charge in [-0.25, -0.2) is 0 Å². The Bertz CT molecular complexity index is 3840. The van der Waals surface area contributed by atoms with Crippen LogP contribution in [0, 0.1) is 0 Å². The normalized spacial score (nSPS) is 13.1. The lowest BCUT2D eigenvalue weighted by Crippen LogP contribution is -2.26. The minimum atomic E-state index is -0.499. The van der Waals surface area contributed by atoms with E-state index in [0.717, 1.165) is 83.2 Å². The van der Waals surface area contributed by atoms with Crippen molar-refractivity contribution in [2.45, 2.75) is 5.41 Å². The smallest absolute Gasteiger partial charge is 0.143 e. The van der Waals surface area contributed by atoms with Gasteiger partial charge >= 0.3 is 0 Å². The number of hydrogen-bond acceptors (Lipinski definition) is 3. The maximum atomic E-state index is 6.78. The van der Waals surface area contributed by atoms with Crippen LogP contribution in [0.1, 0.15) is 22.3 Å². The first-order valence-corrected chi connectivity index (χ1v) is 22.0. The summed E-state index contributed by atoms with van der Waals surface area (Å²) in [6.07, 6.45) is 0. The van der Waals surface area contributed by atoms with Gasteiger partial charge in [-0.1, -0.05) is 188 Å². The molecule has 0 unspecified atom stereocenters. The van der Waals surface area contributed by atoms with E-state index in [9.17, 15) is 0 Å². The largest absolute Gasteiger partial charge is 0.456 e. The van der Waals surface area contributed by atoms with Crippen molar-refractivity contribution in [3.05, 3.63) is 247 Å². The number of anilines is 3. The average molecular weight is 816 g/mol. The number of fused-ring (bicyclic) bond motifs is 16. The van der Waals surface area contributed by atoms with Gasteiger partial charge in [-0.05, 0) is 80.9 Å². The van der Waals surface area contributed by atoms with Crippen LogP contribution in [0.2, 0.25) is 0 Å². The molecule has 0 bridgehead atoms. The molecule has 10 aromatic carbocycles. The Morgan fingerprint density at radius 3 is 1.44 bits per heavy atom. The molecule has 14 rings (SSSR count). The van der Waals surface area contributed by atoms with Gasteiger partial charge in [0.2, 0.25) is 0 Å². The van der Waals surface area contributed by atoms with Gasteiger partial charge in [-0.15, -0.1) is 0 Å². The van der Waals surface area contributed by atoms with Crippen LogP contribution in [0.5, 0.6) is 0 Å². The zero-order valence-corrected chi connectivity index (χ0v) is 34.6. The highest BCUT2D eigenvalue weighted by molar-refractivity contribution is 6.15. The van der Waals surface area contributed by atoms with Crippen molar-refractivity contribution in [2.75, 3.05) is 4.90 Å². The summed E-state index contributed by atoms with van der Waals surface area (Å²) >= 11 is 0. The summed E-state index contributed by atoms with van der Waals surface area (Å²) in [4.78, 5) is 2.52. The summed E-state index contributed by atoms with van der Waals surface area (Å²) in [5.74, 6) is 0. The lowest BCUT2D eigenvalue weighted by atomic mass is 9.70. The number of rotatable bonds is 5. The summed E-state index contributed by atoms with van der Waals surface area (Å²) in [7, 11) is 0. The molecule has 0 N–H and O–H groups in total. The van der Waals surface area contributed by atoms with E-state index in [1.54, 1.807) is 0 Å². The highest BCUT2D eigenvalue weighted by atomic mass is 16.3. The van der Waals surface area contributed by atoms with Gasteiger partial charge in [0.05, 0.1) is 22.5 Å². The quantitative estimate of drug-likeness (QED) is 0.173. The maximum Gasteiger partial charge on any atom is 0.143 e. The molecular weight excluding hydrogens is 779 g/mol. The third-order valence-electron chi connectivity index (χ3n) is 13.9. The summed E-state index contributed by atoms with van der Waals surface area (Å²) in [6.45, 7) is 0. The van der Waals surface area contributed by atoms with E-state index in [-0.39, 0.29) is 0 Å². The molecule has 0 saturated carbocycles. The van der Waals surface area contributed by atoms with E-state index in [4.69, 9.17) is 8.83 Å². The molecule has 0 radical (unpaired) electrons. The fourth-order valence-electron chi connectivity index (χ4n) is 11.5. The first kappa shape index (κ1) is 35.2. The molecule has 2 aliphatic carbocycles. The van der Waals surface area contributed by atoms with Gasteiger partial charge < -0.3 is 13.7 Å². The molecule has 12 aromatic rings. The molecule has 298 valence electrons. The zero-order valence-electron chi connectivity index (χ0n) is 34.6. The molecule has 64 heavy (non-hydrogen) atoms. The molecule has 2 heterocycles. The molecule has 2 aromatic heterocycles. The van der Waals surface area contributed by atoms with Crippen LogP contribution < -0.4 is 4.90 Å². The summed E-state index contributed by atoms with van der Waals surface area (Å²) in [5.41, 5.74) is 20.8. The fraction of sp³-hybridized carbons (Fsp3) is 0.0164. The first-order valence-electron chi connectivity index (χ1n) is 22.0. The Morgan fingerprint density at radius 1 is 0.281 bits per heavy atom. The molecular formula is C61H37NO2. The van der Waals surface area contributed by atoms with E-state index in [0.29, 0.717) is 0 Å². The summed E-state index contributed by atoms with van der Waals surface area (Å²) in [5, 5.41) is 4.41. The van der Waals surface area contributed by atoms with E-state index < -0.39 is 5.41 Å². The van der Waals surface area contributed by atoms with Crippen molar-refractivity contribution < 1.29 is 8.83 Å². The molecule has 3 heteroatoms. The molecule has 1 spiro atoms. The van der Waals surface area contributed by atoms with Crippen molar-refractivity contribution >= 4 is 60.9 Å². The summed E-state index contributed by atoms with van der Waals surface area (Å²) < 4.78 is 13.3. The van der Waals surface area contributed by atoms with Gasteiger partial charge in [0.15, 0.2) is 0 Å². The van der Waals surface area contributed by atoms with Crippen molar-refractivity contribution in [1.29, 1.82) is 0 Å². The monoisotopic (exact) mass is 815 g/mol. The zero-order chi connectivity index (χ0) is 41.9. The lowest BCUT2D eigenvalue weighted by Gasteiger charge is -2.33.